The van der Waals surface area contributed by atoms with Crippen LogP contribution < -0.4 is 4.72 Å². The molecular weight excluding hydrogens is 399 g/mol. The lowest BCUT2D eigenvalue weighted by molar-refractivity contribution is -0.166. The number of carbonyl (C=O) groups excluding carboxylic acids is 1. The largest absolute Gasteiger partial charge is 0.442 e. The maximum Gasteiger partial charge on any atom is 0.442 e. The molecule has 1 amide bonds. The van der Waals surface area contributed by atoms with Crippen LogP contribution in [0.5, 0.6) is 0 Å². The van der Waals surface area contributed by atoms with Gasteiger partial charge in [-0.25, -0.2) is 13.1 Å². The summed E-state index contributed by atoms with van der Waals surface area (Å²) >= 11 is 0. The minimum Gasteiger partial charge on any atom is -0.273 e. The number of aromatic nitrogens is 2. The molecule has 2 aromatic rings. The van der Waals surface area contributed by atoms with Crippen molar-refractivity contribution in [3.05, 3.63) is 47.8 Å². The molecule has 0 bridgehead atoms. The molecule has 1 atom stereocenters. The molecule has 28 heavy (non-hydrogen) atoms. The zero-order valence-corrected chi connectivity index (χ0v) is 15.0. The molecule has 8 nitrogen and oxygen atoms in total. The van der Waals surface area contributed by atoms with Crippen molar-refractivity contribution in [1.82, 2.24) is 14.5 Å². The highest BCUT2D eigenvalue weighted by atomic mass is 32.2. The molecule has 12 heteroatoms. The molecule has 2 aliphatic rings. The summed E-state index contributed by atoms with van der Waals surface area (Å²) in [5, 5.41) is 10.2. The van der Waals surface area contributed by atoms with Crippen molar-refractivity contribution < 1.29 is 26.4 Å². The van der Waals surface area contributed by atoms with Gasteiger partial charge in [-0.05, 0) is 31.0 Å². The molecule has 0 saturated carbocycles. The first-order chi connectivity index (χ1) is 13.1. The van der Waals surface area contributed by atoms with Gasteiger partial charge in [0.05, 0.1) is 16.5 Å². The van der Waals surface area contributed by atoms with Crippen molar-refractivity contribution in [2.45, 2.75) is 42.0 Å². The van der Waals surface area contributed by atoms with E-state index in [2.05, 4.69) is 15.3 Å². The van der Waals surface area contributed by atoms with Crippen LogP contribution in [-0.4, -0.2) is 30.3 Å². The van der Waals surface area contributed by atoms with E-state index in [9.17, 15) is 26.4 Å². The molecule has 3 heterocycles. The van der Waals surface area contributed by atoms with E-state index in [1.54, 1.807) is 16.9 Å². The second-order valence-electron chi connectivity index (χ2n) is 6.54. The quantitative estimate of drug-likeness (QED) is 0.831. The van der Waals surface area contributed by atoms with Gasteiger partial charge < -0.3 is 0 Å². The number of sulfonamides is 1. The minimum absolute atomic E-state index is 0.290. The third-order valence-electron chi connectivity index (χ3n) is 4.78. The standard InChI is InChI=1S/C16H14F3N5O3S/c17-16(18,19)15(22-23-15)10-3-5-11(6-4-10)28(26,27)21-14(25)12-2-1-9-24-13(12)7-8-20-24/h3-8,12H,1-2,9H2,(H,21,25). The summed E-state index contributed by atoms with van der Waals surface area (Å²) in [4.78, 5) is 12.2. The lowest BCUT2D eigenvalue weighted by Gasteiger charge is -2.22. The lowest BCUT2D eigenvalue weighted by atomic mass is 9.96. The SMILES string of the molecule is O=C(NS(=O)(=O)c1ccc(C2(C(F)(F)F)N=N2)cc1)C1CCCn2nccc21. The van der Waals surface area contributed by atoms with Crippen LogP contribution in [0.4, 0.5) is 13.2 Å². The summed E-state index contributed by atoms with van der Waals surface area (Å²) < 4.78 is 67.7. The Bertz CT molecular complexity index is 1050. The van der Waals surface area contributed by atoms with Gasteiger partial charge >= 0.3 is 11.8 Å². The van der Waals surface area contributed by atoms with E-state index in [0.29, 0.717) is 25.1 Å². The molecule has 4 rings (SSSR count). The summed E-state index contributed by atoms with van der Waals surface area (Å²) in [6.07, 6.45) is -2.01. The highest BCUT2D eigenvalue weighted by Gasteiger charge is 2.65. The van der Waals surface area contributed by atoms with E-state index in [-0.39, 0.29) is 10.5 Å². The first-order valence-electron chi connectivity index (χ1n) is 8.34. The van der Waals surface area contributed by atoms with E-state index >= 15 is 0 Å². The van der Waals surface area contributed by atoms with Gasteiger partial charge in [-0.2, -0.15) is 18.3 Å². The molecule has 1 unspecified atom stereocenters. The second-order valence-corrected chi connectivity index (χ2v) is 8.22. The normalized spacial score (nSPS) is 20.5. The van der Waals surface area contributed by atoms with Gasteiger partial charge in [0.25, 0.3) is 10.0 Å². The van der Waals surface area contributed by atoms with Crippen molar-refractivity contribution in [2.75, 3.05) is 0 Å². The Hall–Kier alpha value is -2.76. The third-order valence-corrected chi connectivity index (χ3v) is 6.15. The summed E-state index contributed by atoms with van der Waals surface area (Å²) in [7, 11) is -4.24. The van der Waals surface area contributed by atoms with Crippen LogP contribution in [0.25, 0.3) is 0 Å². The highest BCUT2D eigenvalue weighted by Crippen LogP contribution is 2.52. The zero-order valence-electron chi connectivity index (χ0n) is 14.2. The highest BCUT2D eigenvalue weighted by molar-refractivity contribution is 7.90. The Morgan fingerprint density at radius 3 is 2.46 bits per heavy atom. The average Bonchev–Trinajstić information content (AvgIpc) is 3.33. The van der Waals surface area contributed by atoms with Crippen molar-refractivity contribution in [3.8, 4) is 0 Å². The predicted molar refractivity (Wildman–Crippen MR) is 88.6 cm³/mol. The molecule has 1 aromatic carbocycles. The Kier molecular flexibility index (Phi) is 4.07. The summed E-state index contributed by atoms with van der Waals surface area (Å²) in [5.41, 5.74) is -2.29. The summed E-state index contributed by atoms with van der Waals surface area (Å²) in [5.74, 6) is -1.37. The molecule has 0 radical (unpaired) electrons. The van der Waals surface area contributed by atoms with E-state index in [1.165, 1.54) is 0 Å². The van der Waals surface area contributed by atoms with E-state index in [0.717, 1.165) is 24.3 Å². The molecule has 0 aliphatic carbocycles. The number of amides is 1. The number of nitrogens with zero attached hydrogens (tertiary/aromatic N) is 4. The van der Waals surface area contributed by atoms with E-state index in [4.69, 9.17) is 0 Å². The number of fused-ring (bicyclic) bond motifs is 1. The Morgan fingerprint density at radius 1 is 1.18 bits per heavy atom. The number of hydrogen-bond acceptors (Lipinski definition) is 6. The fraction of sp³-hybridized carbons (Fsp3) is 0.375. The van der Waals surface area contributed by atoms with Crippen molar-refractivity contribution >= 4 is 15.9 Å². The smallest absolute Gasteiger partial charge is 0.273 e. The molecule has 2 aliphatic heterocycles. The Morgan fingerprint density at radius 2 is 1.86 bits per heavy atom. The van der Waals surface area contributed by atoms with Crippen LogP contribution in [-0.2, 0) is 27.0 Å². The minimum atomic E-state index is -4.70. The molecule has 0 saturated heterocycles. The van der Waals surface area contributed by atoms with Gasteiger partial charge in [-0.3, -0.25) is 9.48 Å². The molecule has 0 fully saturated rings. The van der Waals surface area contributed by atoms with Gasteiger partial charge in [0.15, 0.2) is 0 Å². The van der Waals surface area contributed by atoms with E-state index < -0.39 is 33.7 Å². The van der Waals surface area contributed by atoms with E-state index in [1.807, 2.05) is 4.72 Å². The van der Waals surface area contributed by atoms with Crippen LogP contribution in [0, 0.1) is 0 Å². The van der Waals surface area contributed by atoms with Gasteiger partial charge in [-0.1, -0.05) is 12.1 Å². The first kappa shape index (κ1) is 18.6. The molecular formula is C16H14F3N5O3S. The van der Waals surface area contributed by atoms with Crippen LogP contribution in [0.1, 0.15) is 30.0 Å². The maximum absolute atomic E-state index is 13.0. The molecule has 0 spiro atoms. The zero-order chi connectivity index (χ0) is 20.2. The lowest BCUT2D eigenvalue weighted by Crippen LogP contribution is -2.37. The van der Waals surface area contributed by atoms with Crippen LogP contribution in [0.2, 0.25) is 0 Å². The van der Waals surface area contributed by atoms with Crippen molar-refractivity contribution in [1.29, 1.82) is 0 Å². The number of alkyl halides is 3. The third kappa shape index (κ3) is 2.97. The number of rotatable bonds is 4. The fourth-order valence-corrected chi connectivity index (χ4v) is 4.28. The van der Waals surface area contributed by atoms with Crippen LogP contribution in [0.3, 0.4) is 0 Å². The van der Waals surface area contributed by atoms with Crippen molar-refractivity contribution in [3.63, 3.8) is 0 Å². The summed E-state index contributed by atoms with van der Waals surface area (Å²) in [6, 6.07) is 5.62. The number of aryl methyl sites for hydroxylation is 1. The monoisotopic (exact) mass is 413 g/mol. The summed E-state index contributed by atoms with van der Waals surface area (Å²) in [6.45, 7) is 0.650. The van der Waals surface area contributed by atoms with Crippen LogP contribution in [0.15, 0.2) is 51.7 Å². The fourth-order valence-electron chi connectivity index (χ4n) is 3.26. The second kappa shape index (κ2) is 6.12. The maximum atomic E-state index is 13.0. The number of nitrogens with one attached hydrogen (secondary N) is 1. The number of carbonyl (C=O) groups is 1. The van der Waals surface area contributed by atoms with Gasteiger partial charge in [0, 0.05) is 18.3 Å². The Balaban J connectivity index is 1.53. The number of hydrogen-bond donors (Lipinski definition) is 1. The topological polar surface area (TPSA) is 106 Å². The average molecular weight is 413 g/mol. The molecule has 1 N–H and O–H groups in total. The Labute approximate surface area is 157 Å². The van der Waals surface area contributed by atoms with Crippen LogP contribution >= 0.6 is 0 Å². The molecule has 1 aromatic heterocycles. The number of halogens is 3. The molecule has 148 valence electrons. The van der Waals surface area contributed by atoms with Gasteiger partial charge in [0.2, 0.25) is 5.91 Å². The van der Waals surface area contributed by atoms with Gasteiger partial charge in [0.1, 0.15) is 0 Å². The number of benzene rings is 1. The first-order valence-corrected chi connectivity index (χ1v) is 9.82. The van der Waals surface area contributed by atoms with Gasteiger partial charge in [-0.15, -0.1) is 10.2 Å². The van der Waals surface area contributed by atoms with Crippen molar-refractivity contribution in [2.24, 2.45) is 10.2 Å². The predicted octanol–water partition coefficient (Wildman–Crippen LogP) is 2.45.